The summed E-state index contributed by atoms with van der Waals surface area (Å²) in [6, 6.07) is -0.923. The average Bonchev–Trinajstić information content (AvgIpc) is 3.65. The molecule has 3 fully saturated rings. The lowest BCUT2D eigenvalue weighted by Gasteiger charge is -2.40. The molecule has 40 heavy (non-hydrogen) atoms. The van der Waals surface area contributed by atoms with Crippen LogP contribution in [0.15, 0.2) is 18.2 Å². The maximum absolute atomic E-state index is 13.2. The van der Waals surface area contributed by atoms with Crippen LogP contribution in [0.25, 0.3) is 0 Å². The van der Waals surface area contributed by atoms with Crippen molar-refractivity contribution in [2.75, 3.05) is 38.0 Å². The summed E-state index contributed by atoms with van der Waals surface area (Å²) in [6.45, 7) is 1.91. The predicted molar refractivity (Wildman–Crippen MR) is 128 cm³/mol. The number of anilines is 1. The van der Waals surface area contributed by atoms with E-state index in [1.165, 1.54) is 16.7 Å². The summed E-state index contributed by atoms with van der Waals surface area (Å²) in [5.41, 5.74) is -4.47. The van der Waals surface area contributed by atoms with Crippen LogP contribution in [-0.4, -0.2) is 93.7 Å². The molecule has 2 aliphatic heterocycles. The standard InChI is InChI=1S/C25H30F6N4O5/c1-14-20(38)33(8-4-18(36)21(39)34-9-7-23(5-6-23)19(37)13-34)10-11-35(14)22(40)32-15-2-3-16(24(26,27)28)17(12-15)25(29,30)31/h2-3,12,14,18-19,36-37H,4-11,13H2,1H3,(H,32,40). The molecule has 9 nitrogen and oxygen atoms in total. The molecule has 3 aliphatic rings. The van der Waals surface area contributed by atoms with Gasteiger partial charge in [-0.15, -0.1) is 0 Å². The molecule has 2 heterocycles. The second kappa shape index (κ2) is 10.7. The van der Waals surface area contributed by atoms with Crippen LogP contribution in [0.4, 0.5) is 36.8 Å². The summed E-state index contributed by atoms with van der Waals surface area (Å²) in [4.78, 5) is 42.0. The van der Waals surface area contributed by atoms with Crippen LogP contribution < -0.4 is 5.32 Å². The molecule has 0 aromatic heterocycles. The second-order valence-electron chi connectivity index (χ2n) is 10.6. The topological polar surface area (TPSA) is 113 Å². The molecular weight excluding hydrogens is 550 g/mol. The number of aliphatic hydroxyl groups excluding tert-OH is 2. The lowest BCUT2D eigenvalue weighted by Crippen LogP contribution is -2.59. The molecule has 1 aromatic rings. The number of amides is 4. The van der Waals surface area contributed by atoms with E-state index in [0.29, 0.717) is 19.0 Å². The molecule has 0 bridgehead atoms. The summed E-state index contributed by atoms with van der Waals surface area (Å²) in [5, 5.41) is 22.8. The first-order valence-corrected chi connectivity index (χ1v) is 12.8. The van der Waals surface area contributed by atoms with E-state index in [9.17, 15) is 50.9 Å². The van der Waals surface area contributed by atoms with Crippen molar-refractivity contribution in [3.05, 3.63) is 29.3 Å². The molecule has 3 N–H and O–H groups in total. The van der Waals surface area contributed by atoms with Crippen molar-refractivity contribution in [1.29, 1.82) is 0 Å². The van der Waals surface area contributed by atoms with Crippen LogP contribution in [0, 0.1) is 5.41 Å². The van der Waals surface area contributed by atoms with Gasteiger partial charge in [-0.1, -0.05) is 0 Å². The van der Waals surface area contributed by atoms with Crippen molar-refractivity contribution in [2.24, 2.45) is 5.41 Å². The first kappa shape index (κ1) is 29.9. The molecule has 15 heteroatoms. The number of hydrogen-bond acceptors (Lipinski definition) is 5. The number of piperidine rings is 1. The highest BCUT2D eigenvalue weighted by molar-refractivity contribution is 5.94. The molecule has 222 valence electrons. The molecule has 4 rings (SSSR count). The zero-order chi connectivity index (χ0) is 29.6. The Kier molecular flexibility index (Phi) is 8.02. The smallest absolute Gasteiger partial charge is 0.391 e. The number of β-amino-alcohol motifs (C(OH)–C–C–N with tert-alkyl or cyclic N) is 1. The number of benzene rings is 1. The fourth-order valence-corrected chi connectivity index (χ4v) is 5.30. The third kappa shape index (κ3) is 6.14. The summed E-state index contributed by atoms with van der Waals surface area (Å²) in [6.07, 6.45) is -10.2. The van der Waals surface area contributed by atoms with Crippen molar-refractivity contribution in [1.82, 2.24) is 14.7 Å². The number of nitrogens with zero attached hydrogens (tertiary/aromatic N) is 3. The number of carbonyl (C=O) groups excluding carboxylic acids is 3. The Balaban J connectivity index is 1.31. The van der Waals surface area contributed by atoms with Gasteiger partial charge in [0.2, 0.25) is 5.91 Å². The van der Waals surface area contributed by atoms with Crippen LogP contribution in [0.2, 0.25) is 0 Å². The van der Waals surface area contributed by atoms with Gasteiger partial charge < -0.3 is 30.2 Å². The minimum atomic E-state index is -5.32. The number of nitrogens with one attached hydrogen (secondary N) is 1. The SMILES string of the molecule is CC1C(=O)N(CCC(O)C(=O)N2CCC3(CC3)C(O)C2)CCN1C(=O)Nc1ccc(C(F)(F)F)c(C(F)(F)F)c1. The number of alkyl halides is 6. The van der Waals surface area contributed by atoms with E-state index >= 15 is 0 Å². The Morgan fingerprint density at radius 1 is 1.05 bits per heavy atom. The fraction of sp³-hybridized carbons (Fsp3) is 0.640. The molecule has 1 aliphatic carbocycles. The van der Waals surface area contributed by atoms with Gasteiger partial charge in [-0.25, -0.2) is 4.79 Å². The van der Waals surface area contributed by atoms with Gasteiger partial charge in [0, 0.05) is 38.4 Å². The molecule has 1 aromatic carbocycles. The maximum atomic E-state index is 13.2. The monoisotopic (exact) mass is 580 g/mol. The molecule has 4 amide bonds. The van der Waals surface area contributed by atoms with Crippen LogP contribution in [-0.2, 0) is 21.9 Å². The minimum absolute atomic E-state index is 0.000281. The molecule has 2 saturated heterocycles. The first-order valence-electron chi connectivity index (χ1n) is 12.8. The Morgan fingerprint density at radius 2 is 1.70 bits per heavy atom. The quantitative estimate of drug-likeness (QED) is 0.464. The van der Waals surface area contributed by atoms with Crippen LogP contribution in [0.3, 0.4) is 0 Å². The van der Waals surface area contributed by atoms with Gasteiger partial charge in [0.15, 0.2) is 0 Å². The van der Waals surface area contributed by atoms with Crippen molar-refractivity contribution in [3.63, 3.8) is 0 Å². The van der Waals surface area contributed by atoms with Crippen molar-refractivity contribution in [3.8, 4) is 0 Å². The zero-order valence-corrected chi connectivity index (χ0v) is 21.6. The van der Waals surface area contributed by atoms with E-state index in [1.807, 2.05) is 0 Å². The molecule has 3 unspecified atom stereocenters. The molecular formula is C25H30F6N4O5. The van der Waals surface area contributed by atoms with Crippen molar-refractivity contribution >= 4 is 23.5 Å². The maximum Gasteiger partial charge on any atom is 0.417 e. The number of urea groups is 1. The number of likely N-dealkylation sites (tertiary alicyclic amines) is 1. The highest BCUT2D eigenvalue weighted by Crippen LogP contribution is 2.53. The summed E-state index contributed by atoms with van der Waals surface area (Å²) >= 11 is 0. The highest BCUT2D eigenvalue weighted by Gasteiger charge is 2.52. The highest BCUT2D eigenvalue weighted by atomic mass is 19.4. The van der Waals surface area contributed by atoms with Gasteiger partial charge in [-0.2, -0.15) is 26.3 Å². The van der Waals surface area contributed by atoms with E-state index in [0.717, 1.165) is 17.7 Å². The van der Waals surface area contributed by atoms with Gasteiger partial charge in [0.25, 0.3) is 5.91 Å². The number of aliphatic hydroxyl groups is 2. The lowest BCUT2D eigenvalue weighted by atomic mass is 9.90. The van der Waals surface area contributed by atoms with Crippen molar-refractivity contribution in [2.45, 2.75) is 63.2 Å². The first-order chi connectivity index (χ1) is 18.5. The Bertz CT molecular complexity index is 1160. The molecule has 0 radical (unpaired) electrons. The summed E-state index contributed by atoms with van der Waals surface area (Å²) < 4.78 is 78.7. The minimum Gasteiger partial charge on any atom is -0.391 e. The third-order valence-electron chi connectivity index (χ3n) is 8.03. The van der Waals surface area contributed by atoms with Gasteiger partial charge in [0.05, 0.1) is 17.2 Å². The largest absolute Gasteiger partial charge is 0.417 e. The van der Waals surface area contributed by atoms with E-state index in [-0.39, 0.29) is 50.1 Å². The Hall–Kier alpha value is -3.07. The van der Waals surface area contributed by atoms with Gasteiger partial charge in [-0.3, -0.25) is 9.59 Å². The second-order valence-corrected chi connectivity index (χ2v) is 10.6. The number of halogens is 6. The zero-order valence-electron chi connectivity index (χ0n) is 21.6. The number of piperazine rings is 1. The van der Waals surface area contributed by atoms with Gasteiger partial charge >= 0.3 is 18.4 Å². The fourth-order valence-electron chi connectivity index (χ4n) is 5.30. The van der Waals surface area contributed by atoms with Gasteiger partial charge in [-0.05, 0) is 56.2 Å². The van der Waals surface area contributed by atoms with E-state index in [2.05, 4.69) is 5.32 Å². The Morgan fingerprint density at radius 3 is 2.27 bits per heavy atom. The van der Waals surface area contributed by atoms with E-state index in [4.69, 9.17) is 0 Å². The summed E-state index contributed by atoms with van der Waals surface area (Å²) in [7, 11) is 0. The van der Waals surface area contributed by atoms with E-state index < -0.39 is 65.3 Å². The third-order valence-corrected chi connectivity index (χ3v) is 8.03. The average molecular weight is 581 g/mol. The van der Waals surface area contributed by atoms with Gasteiger partial charge in [0.1, 0.15) is 12.1 Å². The van der Waals surface area contributed by atoms with E-state index in [1.54, 1.807) is 0 Å². The van der Waals surface area contributed by atoms with Crippen LogP contribution in [0.1, 0.15) is 43.7 Å². The summed E-state index contributed by atoms with van der Waals surface area (Å²) in [5.74, 6) is -1.07. The molecule has 1 saturated carbocycles. The molecule has 1 spiro atoms. The van der Waals surface area contributed by atoms with Crippen LogP contribution in [0.5, 0.6) is 0 Å². The number of rotatable bonds is 5. The van der Waals surface area contributed by atoms with Crippen molar-refractivity contribution < 1.29 is 50.9 Å². The number of carbonyl (C=O) groups is 3. The number of hydrogen-bond donors (Lipinski definition) is 3. The molecule has 3 atom stereocenters. The Labute approximate surface area is 225 Å². The lowest BCUT2D eigenvalue weighted by molar-refractivity contribution is -0.162. The normalized spacial score (nSPS) is 23.8. The van der Waals surface area contributed by atoms with Crippen LogP contribution >= 0.6 is 0 Å². The predicted octanol–water partition coefficient (Wildman–Crippen LogP) is 2.91.